The van der Waals surface area contributed by atoms with Crippen LogP contribution in [0.4, 0.5) is 0 Å². The number of benzene rings is 1. The molecule has 1 aromatic carbocycles. The minimum atomic E-state index is -0.422. The fraction of sp³-hybridized carbons (Fsp3) is 0.613. The Morgan fingerprint density at radius 3 is 1.97 bits per heavy atom. The highest BCUT2D eigenvalue weighted by atomic mass is 16.5. The van der Waals surface area contributed by atoms with E-state index in [-0.39, 0.29) is 22.4 Å². The smallest absolute Gasteiger partial charge is 0.163 e. The number of unbranched alkanes of at least 4 members (excludes halogenated alkanes) is 3. The Morgan fingerprint density at radius 2 is 1.42 bits per heavy atom. The largest absolute Gasteiger partial charge is 0.490 e. The third kappa shape index (κ3) is 5.55. The Hall–Kier alpha value is -2.56. The van der Waals surface area contributed by atoms with E-state index in [2.05, 4.69) is 34.6 Å². The van der Waals surface area contributed by atoms with Crippen LogP contribution in [-0.2, 0) is 14.3 Å². The van der Waals surface area contributed by atoms with Gasteiger partial charge in [-0.2, -0.15) is 0 Å². The van der Waals surface area contributed by atoms with E-state index in [1.54, 1.807) is 0 Å². The molecule has 1 heterocycles. The number of allylic oxidation sites excluding steroid dienone is 4. The standard InChI is InChI=1S/C31H42O5/c1-7-9-10-11-14-35-23-13-12-20(15-24(23)34-8-2)27-28-21(32)16-30(3,4)18-25(28)36-26-19-31(5,6)17-22(33)29(26)27/h12-13,15,27H,7-11,14,16-19H2,1-6H3. The monoisotopic (exact) mass is 494 g/mol. The summed E-state index contributed by atoms with van der Waals surface area (Å²) >= 11 is 0. The molecule has 3 aliphatic rings. The molecular formula is C31H42O5. The van der Waals surface area contributed by atoms with E-state index >= 15 is 0 Å². The van der Waals surface area contributed by atoms with Crippen molar-refractivity contribution in [2.75, 3.05) is 13.2 Å². The van der Waals surface area contributed by atoms with Crippen LogP contribution >= 0.6 is 0 Å². The SMILES string of the molecule is CCCCCCOc1ccc(C2C3=C(CC(C)(C)CC3=O)OC3=C2C(=O)CC(C)(C)C3)cc1OCC. The van der Waals surface area contributed by atoms with E-state index in [1.807, 2.05) is 25.1 Å². The summed E-state index contributed by atoms with van der Waals surface area (Å²) < 4.78 is 18.5. The number of Topliss-reactive ketones (excluding diaryl/α,β-unsaturated/α-hetero) is 2. The number of carbonyl (C=O) groups excluding carboxylic acids is 2. The van der Waals surface area contributed by atoms with Crippen molar-refractivity contribution >= 4 is 11.6 Å². The van der Waals surface area contributed by atoms with E-state index < -0.39 is 5.92 Å². The summed E-state index contributed by atoms with van der Waals surface area (Å²) in [5.74, 6) is 2.57. The summed E-state index contributed by atoms with van der Waals surface area (Å²) in [4.78, 5) is 27.0. The van der Waals surface area contributed by atoms with Gasteiger partial charge in [0.25, 0.3) is 0 Å². The van der Waals surface area contributed by atoms with Gasteiger partial charge in [0.15, 0.2) is 23.1 Å². The van der Waals surface area contributed by atoms with Crippen LogP contribution in [0.1, 0.15) is 104 Å². The molecule has 2 aliphatic carbocycles. The lowest BCUT2D eigenvalue weighted by Crippen LogP contribution is -2.37. The zero-order valence-electron chi connectivity index (χ0n) is 22.9. The Bertz CT molecular complexity index is 1040. The molecule has 0 saturated carbocycles. The number of rotatable bonds is 9. The van der Waals surface area contributed by atoms with E-state index in [9.17, 15) is 9.59 Å². The fourth-order valence-electron chi connectivity index (χ4n) is 5.81. The number of ether oxygens (including phenoxy) is 3. The van der Waals surface area contributed by atoms with Crippen LogP contribution in [0.15, 0.2) is 40.9 Å². The van der Waals surface area contributed by atoms with Crippen molar-refractivity contribution < 1.29 is 23.8 Å². The van der Waals surface area contributed by atoms with Gasteiger partial charge in [0.1, 0.15) is 11.5 Å². The first-order chi connectivity index (χ1) is 17.0. The van der Waals surface area contributed by atoms with Crippen molar-refractivity contribution in [3.05, 3.63) is 46.4 Å². The summed E-state index contributed by atoms with van der Waals surface area (Å²) in [5, 5.41) is 0. The molecule has 5 heteroatoms. The van der Waals surface area contributed by atoms with Crippen LogP contribution in [0.5, 0.6) is 11.5 Å². The van der Waals surface area contributed by atoms with Crippen molar-refractivity contribution in [2.45, 2.75) is 98.8 Å². The second kappa shape index (κ2) is 10.4. The van der Waals surface area contributed by atoms with E-state index in [0.717, 1.165) is 29.9 Å². The van der Waals surface area contributed by atoms with Crippen LogP contribution in [-0.4, -0.2) is 24.8 Å². The van der Waals surface area contributed by atoms with Crippen molar-refractivity contribution in [3.63, 3.8) is 0 Å². The van der Waals surface area contributed by atoms with Gasteiger partial charge in [0.2, 0.25) is 0 Å². The molecule has 0 atom stereocenters. The van der Waals surface area contributed by atoms with Crippen LogP contribution < -0.4 is 9.47 Å². The lowest BCUT2D eigenvalue weighted by atomic mass is 9.65. The minimum Gasteiger partial charge on any atom is -0.490 e. The predicted molar refractivity (Wildman–Crippen MR) is 141 cm³/mol. The molecule has 4 rings (SSSR count). The Morgan fingerprint density at radius 1 is 0.806 bits per heavy atom. The zero-order valence-corrected chi connectivity index (χ0v) is 22.9. The van der Waals surface area contributed by atoms with Gasteiger partial charge in [-0.3, -0.25) is 9.59 Å². The molecule has 36 heavy (non-hydrogen) atoms. The topological polar surface area (TPSA) is 61.8 Å². The number of hydrogen-bond acceptors (Lipinski definition) is 5. The lowest BCUT2D eigenvalue weighted by molar-refractivity contribution is -0.120. The fourth-order valence-corrected chi connectivity index (χ4v) is 5.81. The van der Waals surface area contributed by atoms with Crippen LogP contribution in [0.3, 0.4) is 0 Å². The maximum absolute atomic E-state index is 13.5. The van der Waals surface area contributed by atoms with Crippen LogP contribution in [0.25, 0.3) is 0 Å². The quantitative estimate of drug-likeness (QED) is 0.334. The molecule has 0 spiro atoms. The molecule has 0 saturated heterocycles. The molecule has 1 aromatic rings. The van der Waals surface area contributed by atoms with Gasteiger partial charge in [-0.1, -0.05) is 59.9 Å². The molecule has 0 amide bonds. The van der Waals surface area contributed by atoms with Gasteiger partial charge in [-0.05, 0) is 41.9 Å². The average Bonchev–Trinajstić information content (AvgIpc) is 2.77. The molecule has 0 aromatic heterocycles. The molecule has 0 unspecified atom stereocenters. The first-order valence-corrected chi connectivity index (χ1v) is 13.6. The predicted octanol–water partition coefficient (Wildman–Crippen LogP) is 7.44. The second-order valence-corrected chi connectivity index (χ2v) is 12.1. The zero-order chi connectivity index (χ0) is 26.1. The summed E-state index contributed by atoms with van der Waals surface area (Å²) in [7, 11) is 0. The van der Waals surface area contributed by atoms with Crippen molar-refractivity contribution in [1.29, 1.82) is 0 Å². The molecule has 0 N–H and O–H groups in total. The number of carbonyl (C=O) groups is 2. The van der Waals surface area contributed by atoms with E-state index in [1.165, 1.54) is 12.8 Å². The molecule has 1 aliphatic heterocycles. The summed E-state index contributed by atoms with van der Waals surface area (Å²) in [6.45, 7) is 13.7. The molecular weight excluding hydrogens is 452 g/mol. The van der Waals surface area contributed by atoms with Crippen LogP contribution in [0, 0.1) is 10.8 Å². The van der Waals surface area contributed by atoms with Crippen LogP contribution in [0.2, 0.25) is 0 Å². The Kier molecular flexibility index (Phi) is 7.68. The highest BCUT2D eigenvalue weighted by Gasteiger charge is 2.47. The summed E-state index contributed by atoms with van der Waals surface area (Å²) in [6.07, 6.45) is 6.81. The number of ketones is 2. The average molecular weight is 495 g/mol. The highest BCUT2D eigenvalue weighted by Crippen LogP contribution is 2.53. The van der Waals surface area contributed by atoms with Gasteiger partial charge < -0.3 is 14.2 Å². The molecule has 0 fully saturated rings. The first-order valence-electron chi connectivity index (χ1n) is 13.6. The van der Waals surface area contributed by atoms with Gasteiger partial charge in [0.05, 0.1) is 13.2 Å². The Balaban J connectivity index is 1.75. The van der Waals surface area contributed by atoms with E-state index in [0.29, 0.717) is 61.5 Å². The minimum absolute atomic E-state index is 0.0737. The summed E-state index contributed by atoms with van der Waals surface area (Å²) in [6, 6.07) is 5.90. The molecule has 5 nitrogen and oxygen atoms in total. The third-order valence-corrected chi connectivity index (χ3v) is 7.44. The molecule has 0 bridgehead atoms. The van der Waals surface area contributed by atoms with Gasteiger partial charge in [0, 0.05) is 42.7 Å². The van der Waals surface area contributed by atoms with Crippen molar-refractivity contribution in [2.24, 2.45) is 10.8 Å². The molecule has 0 radical (unpaired) electrons. The third-order valence-electron chi connectivity index (χ3n) is 7.44. The molecule has 196 valence electrons. The Labute approximate surface area is 216 Å². The number of hydrogen-bond donors (Lipinski definition) is 0. The van der Waals surface area contributed by atoms with Gasteiger partial charge >= 0.3 is 0 Å². The maximum Gasteiger partial charge on any atom is 0.163 e. The van der Waals surface area contributed by atoms with Gasteiger partial charge in [-0.25, -0.2) is 0 Å². The van der Waals surface area contributed by atoms with E-state index in [4.69, 9.17) is 14.2 Å². The second-order valence-electron chi connectivity index (χ2n) is 12.1. The van der Waals surface area contributed by atoms with Crippen molar-refractivity contribution in [3.8, 4) is 11.5 Å². The normalized spacial score (nSPS) is 21.2. The highest BCUT2D eigenvalue weighted by molar-refractivity contribution is 6.06. The maximum atomic E-state index is 13.5. The van der Waals surface area contributed by atoms with Gasteiger partial charge in [-0.15, -0.1) is 0 Å². The first kappa shape index (κ1) is 26.5. The summed E-state index contributed by atoms with van der Waals surface area (Å²) in [5.41, 5.74) is 1.85. The lowest BCUT2D eigenvalue weighted by Gasteiger charge is -2.42. The van der Waals surface area contributed by atoms with Crippen molar-refractivity contribution in [1.82, 2.24) is 0 Å².